The fourth-order valence-corrected chi connectivity index (χ4v) is 1.67. The maximum absolute atomic E-state index is 5.62. The van der Waals surface area contributed by atoms with Crippen molar-refractivity contribution in [3.8, 4) is 17.1 Å². The van der Waals surface area contributed by atoms with Gasteiger partial charge in [0.2, 0.25) is 0 Å². The Morgan fingerprint density at radius 2 is 1.79 bits per heavy atom. The first-order valence-corrected chi connectivity index (χ1v) is 5.93. The normalized spacial score (nSPS) is 10.3. The molecule has 19 heavy (non-hydrogen) atoms. The molecule has 0 saturated carbocycles. The van der Waals surface area contributed by atoms with Gasteiger partial charge in [0, 0.05) is 0 Å². The smallest absolute Gasteiger partial charge is 0.162 e. The van der Waals surface area contributed by atoms with Crippen LogP contribution in [0.4, 0.5) is 0 Å². The van der Waals surface area contributed by atoms with E-state index in [2.05, 4.69) is 9.97 Å². The molecule has 0 unspecified atom stereocenters. The number of furan rings is 1. The Balaban J connectivity index is 1.67. The molecule has 3 aromatic rings. The zero-order chi connectivity index (χ0) is 12.9. The van der Waals surface area contributed by atoms with Gasteiger partial charge in [0.1, 0.15) is 12.9 Å². The van der Waals surface area contributed by atoms with Crippen LogP contribution in [0.5, 0.6) is 5.75 Å². The van der Waals surface area contributed by atoms with Crippen LogP contribution in [0, 0.1) is 0 Å². The Bertz CT molecular complexity index is 619. The number of aromatic nitrogens is 2. The van der Waals surface area contributed by atoms with E-state index in [-0.39, 0.29) is 0 Å². The molecule has 0 aliphatic carbocycles. The van der Waals surface area contributed by atoms with Crippen LogP contribution < -0.4 is 4.74 Å². The lowest BCUT2D eigenvalue weighted by atomic mass is 10.2. The van der Waals surface area contributed by atoms with Crippen LogP contribution in [0.1, 0.15) is 5.56 Å². The summed E-state index contributed by atoms with van der Waals surface area (Å²) in [5.41, 5.74) is 1.97. The van der Waals surface area contributed by atoms with Crippen molar-refractivity contribution in [2.75, 3.05) is 0 Å². The van der Waals surface area contributed by atoms with Gasteiger partial charge in [-0.3, -0.25) is 0 Å². The zero-order valence-electron chi connectivity index (χ0n) is 10.2. The molecule has 0 saturated heterocycles. The molecule has 2 aromatic heterocycles. The third kappa shape index (κ3) is 2.80. The van der Waals surface area contributed by atoms with E-state index < -0.39 is 0 Å². The van der Waals surface area contributed by atoms with Crippen LogP contribution in [0.2, 0.25) is 0 Å². The summed E-state index contributed by atoms with van der Waals surface area (Å²) in [6, 6.07) is 11.8. The molecule has 4 heteroatoms. The average Bonchev–Trinajstić information content (AvgIpc) is 3.01. The Labute approximate surface area is 110 Å². The maximum Gasteiger partial charge on any atom is 0.162 e. The molecular weight excluding hydrogens is 240 g/mol. The molecule has 0 fully saturated rings. The van der Waals surface area contributed by atoms with Gasteiger partial charge in [-0.25, -0.2) is 9.97 Å². The van der Waals surface area contributed by atoms with Crippen molar-refractivity contribution in [3.63, 3.8) is 0 Å². The second-order valence-electron chi connectivity index (χ2n) is 4.03. The maximum atomic E-state index is 5.62. The van der Waals surface area contributed by atoms with Crippen molar-refractivity contribution in [1.82, 2.24) is 9.97 Å². The van der Waals surface area contributed by atoms with Gasteiger partial charge in [-0.1, -0.05) is 30.3 Å². The number of benzene rings is 1. The molecule has 94 valence electrons. The molecule has 1 aromatic carbocycles. The molecule has 0 N–H and O–H groups in total. The highest BCUT2D eigenvalue weighted by Gasteiger charge is 2.03. The molecule has 0 radical (unpaired) electrons. The van der Waals surface area contributed by atoms with Crippen molar-refractivity contribution in [3.05, 3.63) is 66.9 Å². The minimum atomic E-state index is 0.509. The Kier molecular flexibility index (Phi) is 3.23. The van der Waals surface area contributed by atoms with Crippen molar-refractivity contribution >= 4 is 0 Å². The third-order valence-electron chi connectivity index (χ3n) is 2.66. The molecular formula is C15H12N2O2. The first kappa shape index (κ1) is 11.5. The van der Waals surface area contributed by atoms with Gasteiger partial charge in [0.15, 0.2) is 11.6 Å². The Hall–Kier alpha value is -2.62. The molecule has 0 atom stereocenters. The minimum absolute atomic E-state index is 0.509. The Morgan fingerprint density at radius 3 is 2.47 bits per heavy atom. The number of rotatable bonds is 4. The lowest BCUT2D eigenvalue weighted by Gasteiger charge is -2.05. The zero-order valence-corrected chi connectivity index (χ0v) is 10.2. The van der Waals surface area contributed by atoms with Crippen LogP contribution in [-0.4, -0.2) is 9.97 Å². The summed E-state index contributed by atoms with van der Waals surface area (Å²) in [6.45, 7) is 0.509. The van der Waals surface area contributed by atoms with Gasteiger partial charge in [-0.15, -0.1) is 0 Å². The van der Waals surface area contributed by atoms with E-state index in [9.17, 15) is 0 Å². The second kappa shape index (κ2) is 5.35. The van der Waals surface area contributed by atoms with Gasteiger partial charge in [-0.05, 0) is 11.6 Å². The molecule has 0 spiro atoms. The first-order chi connectivity index (χ1) is 9.42. The molecule has 0 bridgehead atoms. The van der Waals surface area contributed by atoms with E-state index in [0.717, 1.165) is 11.1 Å². The molecule has 3 rings (SSSR count). The van der Waals surface area contributed by atoms with Crippen LogP contribution in [0.3, 0.4) is 0 Å². The van der Waals surface area contributed by atoms with Crippen molar-refractivity contribution < 1.29 is 9.15 Å². The fourth-order valence-electron chi connectivity index (χ4n) is 1.67. The summed E-state index contributed by atoms with van der Waals surface area (Å²) < 4.78 is 10.6. The summed E-state index contributed by atoms with van der Waals surface area (Å²) in [5.74, 6) is 1.27. The van der Waals surface area contributed by atoms with Gasteiger partial charge in [0.25, 0.3) is 0 Å². The monoisotopic (exact) mass is 252 g/mol. The fraction of sp³-hybridized carbons (Fsp3) is 0.0667. The largest absolute Gasteiger partial charge is 0.486 e. The predicted molar refractivity (Wildman–Crippen MR) is 70.5 cm³/mol. The van der Waals surface area contributed by atoms with Crippen molar-refractivity contribution in [1.29, 1.82) is 0 Å². The molecule has 0 aliphatic rings. The number of nitrogens with zero attached hydrogens (tertiary/aromatic N) is 2. The van der Waals surface area contributed by atoms with Crippen LogP contribution in [0.15, 0.2) is 65.7 Å². The second-order valence-corrected chi connectivity index (χ2v) is 4.03. The summed E-state index contributed by atoms with van der Waals surface area (Å²) >= 11 is 0. The molecule has 2 heterocycles. The van der Waals surface area contributed by atoms with E-state index in [0.29, 0.717) is 18.2 Å². The predicted octanol–water partition coefficient (Wildman–Crippen LogP) is 3.32. The van der Waals surface area contributed by atoms with Crippen LogP contribution in [-0.2, 0) is 6.61 Å². The van der Waals surface area contributed by atoms with Gasteiger partial charge in [-0.2, -0.15) is 0 Å². The van der Waals surface area contributed by atoms with Gasteiger partial charge in [0.05, 0.1) is 24.2 Å². The van der Waals surface area contributed by atoms with Gasteiger partial charge < -0.3 is 9.15 Å². The summed E-state index contributed by atoms with van der Waals surface area (Å²) in [7, 11) is 0. The highest BCUT2D eigenvalue weighted by Crippen LogP contribution is 2.17. The number of ether oxygens (including phenoxy) is 1. The standard InChI is InChI=1S/C15H12N2O2/c1-2-4-12(5-3-1)10-19-14-8-16-15(17-9-14)13-6-7-18-11-13/h1-9,11H,10H2. The van der Waals surface area contributed by atoms with Gasteiger partial charge >= 0.3 is 0 Å². The summed E-state index contributed by atoms with van der Waals surface area (Å²) in [5, 5.41) is 0. The van der Waals surface area contributed by atoms with E-state index in [1.54, 1.807) is 24.9 Å². The van der Waals surface area contributed by atoms with Crippen LogP contribution >= 0.6 is 0 Å². The van der Waals surface area contributed by atoms with Crippen molar-refractivity contribution in [2.24, 2.45) is 0 Å². The average molecular weight is 252 g/mol. The minimum Gasteiger partial charge on any atom is -0.486 e. The SMILES string of the molecule is c1ccc(COc2cnc(-c3ccoc3)nc2)cc1. The highest BCUT2D eigenvalue weighted by atomic mass is 16.5. The molecule has 0 amide bonds. The van der Waals surface area contributed by atoms with Crippen LogP contribution in [0.25, 0.3) is 11.4 Å². The third-order valence-corrected chi connectivity index (χ3v) is 2.66. The van der Waals surface area contributed by atoms with E-state index in [1.807, 2.05) is 36.4 Å². The van der Waals surface area contributed by atoms with E-state index in [1.165, 1.54) is 0 Å². The number of hydrogen-bond donors (Lipinski definition) is 0. The molecule has 4 nitrogen and oxygen atoms in total. The number of hydrogen-bond acceptors (Lipinski definition) is 4. The topological polar surface area (TPSA) is 48.2 Å². The molecule has 0 aliphatic heterocycles. The summed E-state index contributed by atoms with van der Waals surface area (Å²) in [6.07, 6.45) is 6.54. The van der Waals surface area contributed by atoms with Crippen molar-refractivity contribution in [2.45, 2.75) is 6.61 Å². The Morgan fingerprint density at radius 1 is 1.00 bits per heavy atom. The summed E-state index contributed by atoms with van der Waals surface area (Å²) in [4.78, 5) is 8.47. The first-order valence-electron chi connectivity index (χ1n) is 5.93. The lowest BCUT2D eigenvalue weighted by Crippen LogP contribution is -1.96. The quantitative estimate of drug-likeness (QED) is 0.714. The van der Waals surface area contributed by atoms with E-state index >= 15 is 0 Å². The van der Waals surface area contributed by atoms with E-state index in [4.69, 9.17) is 9.15 Å². The lowest BCUT2D eigenvalue weighted by molar-refractivity contribution is 0.303. The highest BCUT2D eigenvalue weighted by molar-refractivity contribution is 5.52.